The summed E-state index contributed by atoms with van der Waals surface area (Å²) in [6.07, 6.45) is 0.534. The van der Waals surface area contributed by atoms with Crippen molar-refractivity contribution >= 4 is 5.97 Å². The van der Waals surface area contributed by atoms with Crippen LogP contribution in [-0.2, 0) is 11.2 Å². The largest absolute Gasteiger partial charge is 0.493 e. The molecule has 1 unspecified atom stereocenters. The number of carboxylic acids is 1. The van der Waals surface area contributed by atoms with Gasteiger partial charge in [-0.05, 0) is 18.4 Å². The molecule has 104 valence electrons. The van der Waals surface area contributed by atoms with Crippen LogP contribution in [0, 0.1) is 0 Å². The molecule has 0 aromatic heterocycles. The zero-order chi connectivity index (χ0) is 14.0. The van der Waals surface area contributed by atoms with Crippen LogP contribution in [0.2, 0.25) is 0 Å². The van der Waals surface area contributed by atoms with E-state index in [-0.39, 0.29) is 19.4 Å². The second-order valence-corrected chi connectivity index (χ2v) is 4.61. The molecule has 1 heterocycles. The molecule has 0 saturated carbocycles. The summed E-state index contributed by atoms with van der Waals surface area (Å²) in [5.41, 5.74) is 1.18. The number of ether oxygens (including phenoxy) is 1. The van der Waals surface area contributed by atoms with E-state index >= 15 is 0 Å². The Morgan fingerprint density at radius 1 is 1.37 bits per heavy atom. The molecule has 0 fully saturated rings. The molecule has 0 saturated heterocycles. The molecule has 1 aliphatic rings. The fraction of sp³-hybridized carbons (Fsp3) is 0.462. The van der Waals surface area contributed by atoms with Gasteiger partial charge in [-0.1, -0.05) is 18.2 Å². The minimum absolute atomic E-state index is 0.0347. The van der Waals surface area contributed by atoms with Crippen molar-refractivity contribution < 1.29 is 30.0 Å². The first-order chi connectivity index (χ1) is 8.89. The first-order valence-corrected chi connectivity index (χ1v) is 6.03. The van der Waals surface area contributed by atoms with Crippen molar-refractivity contribution in [3.05, 3.63) is 29.3 Å². The van der Waals surface area contributed by atoms with Crippen molar-refractivity contribution in [3.8, 4) is 5.75 Å². The Bertz CT molecular complexity index is 477. The number of hydrogen-bond donors (Lipinski definition) is 4. The number of para-hydroxylation sites is 1. The van der Waals surface area contributed by atoms with E-state index in [9.17, 15) is 20.1 Å². The third-order valence-electron chi connectivity index (χ3n) is 3.23. The van der Waals surface area contributed by atoms with Crippen molar-refractivity contribution in [2.45, 2.75) is 31.2 Å². The van der Waals surface area contributed by atoms with E-state index in [0.717, 1.165) is 0 Å². The van der Waals surface area contributed by atoms with Gasteiger partial charge in [-0.15, -0.1) is 0 Å². The molecule has 1 atom stereocenters. The lowest BCUT2D eigenvalue weighted by atomic mass is 9.88. The number of carbonyl (C=O) groups is 1. The van der Waals surface area contributed by atoms with E-state index in [4.69, 9.17) is 9.84 Å². The Morgan fingerprint density at radius 3 is 2.74 bits per heavy atom. The summed E-state index contributed by atoms with van der Waals surface area (Å²) >= 11 is 0. The van der Waals surface area contributed by atoms with Gasteiger partial charge in [0.25, 0.3) is 5.97 Å². The number of fused-ring (bicyclic) bond motifs is 1. The molecule has 1 aliphatic heterocycles. The lowest BCUT2D eigenvalue weighted by molar-refractivity contribution is -0.327. The molecule has 0 amide bonds. The summed E-state index contributed by atoms with van der Waals surface area (Å²) in [5.74, 6) is -4.13. The lowest BCUT2D eigenvalue weighted by Gasteiger charge is -2.32. The summed E-state index contributed by atoms with van der Waals surface area (Å²) in [5, 5.41) is 36.8. The highest BCUT2D eigenvalue weighted by Gasteiger charge is 2.38. The minimum Gasteiger partial charge on any atom is -0.493 e. The van der Waals surface area contributed by atoms with Crippen LogP contribution in [-0.4, -0.2) is 39.0 Å². The highest BCUT2D eigenvalue weighted by molar-refractivity contribution is 5.67. The molecule has 0 spiro atoms. The van der Waals surface area contributed by atoms with E-state index in [0.29, 0.717) is 23.3 Å². The zero-order valence-corrected chi connectivity index (χ0v) is 10.2. The van der Waals surface area contributed by atoms with Crippen molar-refractivity contribution in [1.29, 1.82) is 0 Å². The predicted octanol–water partition coefficient (Wildman–Crippen LogP) is 0.201. The van der Waals surface area contributed by atoms with Crippen LogP contribution >= 0.6 is 0 Å². The smallest absolute Gasteiger partial charge is 0.303 e. The van der Waals surface area contributed by atoms with Gasteiger partial charge in [0.15, 0.2) is 0 Å². The van der Waals surface area contributed by atoms with E-state index < -0.39 is 17.9 Å². The van der Waals surface area contributed by atoms with Gasteiger partial charge < -0.3 is 25.2 Å². The van der Waals surface area contributed by atoms with E-state index in [1.807, 2.05) is 0 Å². The maximum atomic E-state index is 10.6. The summed E-state index contributed by atoms with van der Waals surface area (Å²) < 4.78 is 5.49. The topological polar surface area (TPSA) is 107 Å². The fourth-order valence-electron chi connectivity index (χ4n) is 2.33. The predicted molar refractivity (Wildman–Crippen MR) is 64.6 cm³/mol. The maximum absolute atomic E-state index is 10.6. The molecular formula is C13H16O6. The second kappa shape index (κ2) is 5.16. The highest BCUT2D eigenvalue weighted by atomic mass is 16.7. The average Bonchev–Trinajstić information content (AvgIpc) is 2.34. The Morgan fingerprint density at radius 2 is 2.11 bits per heavy atom. The van der Waals surface area contributed by atoms with Crippen LogP contribution in [0.5, 0.6) is 5.75 Å². The molecule has 19 heavy (non-hydrogen) atoms. The van der Waals surface area contributed by atoms with Crippen molar-refractivity contribution in [2.75, 3.05) is 6.61 Å². The third kappa shape index (κ3) is 3.04. The number of aliphatic carboxylic acids is 1. The van der Waals surface area contributed by atoms with E-state index in [1.54, 1.807) is 18.2 Å². The molecule has 0 radical (unpaired) electrons. The Labute approximate surface area is 109 Å². The standard InChI is InChI=1S/C13H16O6/c14-11(15)5-4-8-2-1-3-9-10(13(16,17)18)6-7-19-12(8)9/h1-3,10,16-18H,4-7H2,(H,14,15). The molecule has 0 aliphatic carbocycles. The van der Waals surface area contributed by atoms with Gasteiger partial charge in [0, 0.05) is 12.0 Å². The van der Waals surface area contributed by atoms with Crippen LogP contribution in [0.3, 0.4) is 0 Å². The monoisotopic (exact) mass is 268 g/mol. The van der Waals surface area contributed by atoms with Gasteiger partial charge in [-0.2, -0.15) is 0 Å². The number of aryl methyl sites for hydroxylation is 1. The molecule has 1 aromatic rings. The van der Waals surface area contributed by atoms with Crippen LogP contribution in [0.15, 0.2) is 18.2 Å². The minimum atomic E-state index is -2.80. The van der Waals surface area contributed by atoms with Crippen LogP contribution in [0.4, 0.5) is 0 Å². The SMILES string of the molecule is O=C(O)CCc1cccc2c1OCCC2C(O)(O)O. The van der Waals surface area contributed by atoms with Crippen LogP contribution in [0.1, 0.15) is 29.9 Å². The number of carboxylic acid groups (broad SMARTS) is 1. The first-order valence-electron chi connectivity index (χ1n) is 6.03. The summed E-state index contributed by atoms with van der Waals surface area (Å²) in [6, 6.07) is 5.06. The number of benzene rings is 1. The molecule has 2 rings (SSSR count). The van der Waals surface area contributed by atoms with Crippen molar-refractivity contribution in [1.82, 2.24) is 0 Å². The first kappa shape index (κ1) is 13.8. The average molecular weight is 268 g/mol. The number of rotatable bonds is 4. The summed E-state index contributed by atoms with van der Waals surface area (Å²) in [4.78, 5) is 10.6. The van der Waals surface area contributed by atoms with Gasteiger partial charge in [0.1, 0.15) is 5.75 Å². The molecule has 1 aromatic carbocycles. The molecule has 6 heteroatoms. The Hall–Kier alpha value is -1.63. The zero-order valence-electron chi connectivity index (χ0n) is 10.2. The maximum Gasteiger partial charge on any atom is 0.303 e. The normalized spacial score (nSPS) is 18.6. The van der Waals surface area contributed by atoms with Crippen LogP contribution in [0.25, 0.3) is 0 Å². The van der Waals surface area contributed by atoms with Crippen molar-refractivity contribution in [2.24, 2.45) is 0 Å². The Kier molecular flexibility index (Phi) is 3.75. The molecular weight excluding hydrogens is 252 g/mol. The van der Waals surface area contributed by atoms with E-state index in [1.165, 1.54) is 0 Å². The van der Waals surface area contributed by atoms with Crippen molar-refractivity contribution in [3.63, 3.8) is 0 Å². The molecule has 6 nitrogen and oxygen atoms in total. The van der Waals surface area contributed by atoms with Gasteiger partial charge in [0.2, 0.25) is 0 Å². The Balaban J connectivity index is 2.33. The quantitative estimate of drug-likeness (QED) is 0.581. The number of hydrogen-bond acceptors (Lipinski definition) is 5. The lowest BCUT2D eigenvalue weighted by Crippen LogP contribution is -2.38. The highest BCUT2D eigenvalue weighted by Crippen LogP contribution is 2.40. The van der Waals surface area contributed by atoms with Gasteiger partial charge in [0.05, 0.1) is 12.5 Å². The third-order valence-corrected chi connectivity index (χ3v) is 3.23. The second-order valence-electron chi connectivity index (χ2n) is 4.61. The van der Waals surface area contributed by atoms with Gasteiger partial charge >= 0.3 is 5.97 Å². The fourth-order valence-corrected chi connectivity index (χ4v) is 2.33. The summed E-state index contributed by atoms with van der Waals surface area (Å²) in [6.45, 7) is 0.241. The van der Waals surface area contributed by atoms with E-state index in [2.05, 4.69) is 0 Å². The van der Waals surface area contributed by atoms with Gasteiger partial charge in [-0.25, -0.2) is 0 Å². The number of aliphatic hydroxyl groups is 3. The molecule has 0 bridgehead atoms. The van der Waals surface area contributed by atoms with Gasteiger partial charge in [-0.3, -0.25) is 4.79 Å². The van der Waals surface area contributed by atoms with Crippen LogP contribution < -0.4 is 4.74 Å². The summed E-state index contributed by atoms with van der Waals surface area (Å²) in [7, 11) is 0. The molecule has 4 N–H and O–H groups in total.